The van der Waals surface area contributed by atoms with Gasteiger partial charge in [0.2, 0.25) is 0 Å². The number of amides is 3. The second-order valence-corrected chi connectivity index (χ2v) is 7.26. The van der Waals surface area contributed by atoms with E-state index in [2.05, 4.69) is 10.3 Å². The summed E-state index contributed by atoms with van der Waals surface area (Å²) in [7, 11) is 0. The van der Waals surface area contributed by atoms with Crippen LogP contribution in [0.5, 0.6) is 0 Å². The van der Waals surface area contributed by atoms with Crippen LogP contribution in [0.3, 0.4) is 0 Å². The zero-order valence-corrected chi connectivity index (χ0v) is 14.4. The Labute approximate surface area is 151 Å². The fourth-order valence-electron chi connectivity index (χ4n) is 3.03. The highest BCUT2D eigenvalue weighted by Crippen LogP contribution is 2.33. The van der Waals surface area contributed by atoms with Gasteiger partial charge in [0.1, 0.15) is 22.2 Å². The predicted octanol–water partition coefficient (Wildman–Crippen LogP) is 3.54. The quantitative estimate of drug-likeness (QED) is 0.715. The van der Waals surface area contributed by atoms with Gasteiger partial charge in [-0.15, -0.1) is 11.3 Å². The van der Waals surface area contributed by atoms with Gasteiger partial charge in [-0.2, -0.15) is 0 Å². The molecule has 1 aromatic heterocycles. The van der Waals surface area contributed by atoms with Crippen LogP contribution in [0, 0.1) is 11.6 Å². The molecule has 26 heavy (non-hydrogen) atoms. The van der Waals surface area contributed by atoms with E-state index in [4.69, 9.17) is 0 Å². The van der Waals surface area contributed by atoms with E-state index in [1.165, 1.54) is 18.3 Å². The minimum atomic E-state index is -1.67. The SMILES string of the molecule is CC1(c2cc(F)ccc2F)NC(=O)N(Cc2nc3ccccc3s2)C1=O. The predicted molar refractivity (Wildman–Crippen MR) is 92.4 cm³/mol. The summed E-state index contributed by atoms with van der Waals surface area (Å²) in [5.74, 6) is -2.09. The van der Waals surface area contributed by atoms with Crippen molar-refractivity contribution >= 4 is 33.5 Å². The number of aromatic nitrogens is 1. The molecule has 2 heterocycles. The largest absolute Gasteiger partial charge is 0.325 e. The molecule has 1 saturated heterocycles. The highest BCUT2D eigenvalue weighted by atomic mass is 32.1. The third-order valence-corrected chi connectivity index (χ3v) is 5.39. The first kappa shape index (κ1) is 16.6. The standard InChI is InChI=1S/C18H13F2N3O2S/c1-18(11-8-10(19)6-7-12(11)20)16(24)23(17(25)22-18)9-15-21-13-4-2-3-5-14(13)26-15/h2-8H,9H2,1H3,(H,22,25). The van der Waals surface area contributed by atoms with E-state index < -0.39 is 29.1 Å². The van der Waals surface area contributed by atoms with Gasteiger partial charge < -0.3 is 5.32 Å². The van der Waals surface area contributed by atoms with Crippen molar-refractivity contribution in [3.63, 3.8) is 0 Å². The van der Waals surface area contributed by atoms with Crippen molar-refractivity contribution in [2.24, 2.45) is 0 Å². The summed E-state index contributed by atoms with van der Waals surface area (Å²) in [6.45, 7) is 1.33. The molecule has 1 N–H and O–H groups in total. The van der Waals surface area contributed by atoms with E-state index in [1.807, 2.05) is 24.3 Å². The molecule has 5 nitrogen and oxygen atoms in total. The van der Waals surface area contributed by atoms with E-state index >= 15 is 0 Å². The van der Waals surface area contributed by atoms with Gasteiger partial charge in [-0.05, 0) is 37.3 Å². The van der Waals surface area contributed by atoms with Gasteiger partial charge in [0.05, 0.1) is 16.8 Å². The van der Waals surface area contributed by atoms with Crippen molar-refractivity contribution in [1.29, 1.82) is 0 Å². The number of thiazole rings is 1. The van der Waals surface area contributed by atoms with Gasteiger partial charge >= 0.3 is 6.03 Å². The zero-order chi connectivity index (χ0) is 18.5. The van der Waals surface area contributed by atoms with Crippen molar-refractivity contribution in [1.82, 2.24) is 15.2 Å². The van der Waals surface area contributed by atoms with Crippen molar-refractivity contribution in [2.45, 2.75) is 19.0 Å². The Bertz CT molecular complexity index is 1020. The van der Waals surface area contributed by atoms with Crippen LogP contribution in [0.4, 0.5) is 13.6 Å². The third kappa shape index (κ3) is 2.53. The van der Waals surface area contributed by atoms with Crippen molar-refractivity contribution in [3.05, 3.63) is 64.7 Å². The second kappa shape index (κ2) is 5.84. The first-order valence-corrected chi connectivity index (χ1v) is 8.64. The van der Waals surface area contributed by atoms with Crippen LogP contribution in [-0.4, -0.2) is 21.8 Å². The maximum atomic E-state index is 14.2. The number of fused-ring (bicyclic) bond motifs is 1. The van der Waals surface area contributed by atoms with E-state index in [0.29, 0.717) is 5.01 Å². The number of benzene rings is 2. The maximum Gasteiger partial charge on any atom is 0.325 e. The van der Waals surface area contributed by atoms with Crippen LogP contribution >= 0.6 is 11.3 Å². The molecular formula is C18H13F2N3O2S. The molecule has 1 aliphatic rings. The van der Waals surface area contributed by atoms with Crippen LogP contribution in [0.1, 0.15) is 17.5 Å². The van der Waals surface area contributed by atoms with Crippen LogP contribution in [-0.2, 0) is 16.9 Å². The Kier molecular flexibility index (Phi) is 3.73. The smallest absolute Gasteiger partial charge is 0.319 e. The molecule has 0 spiro atoms. The number of nitrogens with one attached hydrogen (secondary N) is 1. The lowest BCUT2D eigenvalue weighted by molar-refractivity contribution is -0.131. The lowest BCUT2D eigenvalue weighted by Gasteiger charge is -2.22. The molecule has 0 radical (unpaired) electrons. The average Bonchev–Trinajstić information content (AvgIpc) is 3.11. The molecule has 3 amide bonds. The molecule has 1 fully saturated rings. The summed E-state index contributed by atoms with van der Waals surface area (Å²) in [5.41, 5.74) is -1.10. The summed E-state index contributed by atoms with van der Waals surface area (Å²) in [6, 6.07) is 9.62. The zero-order valence-electron chi connectivity index (χ0n) is 13.6. The maximum absolute atomic E-state index is 14.2. The number of carbonyl (C=O) groups excluding carboxylic acids is 2. The lowest BCUT2D eigenvalue weighted by atomic mass is 9.91. The van der Waals surface area contributed by atoms with E-state index in [9.17, 15) is 18.4 Å². The van der Waals surface area contributed by atoms with Gasteiger partial charge in [-0.25, -0.2) is 18.6 Å². The molecular weight excluding hydrogens is 360 g/mol. The second-order valence-electron chi connectivity index (χ2n) is 6.15. The molecule has 1 unspecified atom stereocenters. The van der Waals surface area contributed by atoms with Crippen LogP contribution < -0.4 is 5.32 Å². The van der Waals surface area contributed by atoms with Gasteiger partial charge in [-0.1, -0.05) is 12.1 Å². The summed E-state index contributed by atoms with van der Waals surface area (Å²) < 4.78 is 28.6. The molecule has 132 valence electrons. The summed E-state index contributed by atoms with van der Waals surface area (Å²) >= 11 is 1.37. The molecule has 1 aliphatic heterocycles. The van der Waals surface area contributed by atoms with Crippen LogP contribution in [0.2, 0.25) is 0 Å². The Morgan fingerprint density at radius 3 is 2.73 bits per heavy atom. The average molecular weight is 373 g/mol. The number of urea groups is 1. The minimum absolute atomic E-state index is 0.0312. The fraction of sp³-hybridized carbons (Fsp3) is 0.167. The molecule has 0 bridgehead atoms. The van der Waals surface area contributed by atoms with Gasteiger partial charge in [0, 0.05) is 5.56 Å². The Morgan fingerprint density at radius 2 is 1.96 bits per heavy atom. The number of hydrogen-bond acceptors (Lipinski definition) is 4. The number of rotatable bonds is 3. The monoisotopic (exact) mass is 373 g/mol. The number of nitrogens with zero attached hydrogens (tertiary/aromatic N) is 2. The Hall–Kier alpha value is -2.87. The number of carbonyl (C=O) groups is 2. The van der Waals surface area contributed by atoms with Gasteiger partial charge in [-0.3, -0.25) is 9.69 Å². The number of imide groups is 1. The first-order chi connectivity index (χ1) is 12.4. The molecule has 2 aromatic carbocycles. The van der Waals surface area contributed by atoms with Gasteiger partial charge in [0.25, 0.3) is 5.91 Å². The topological polar surface area (TPSA) is 62.3 Å². The molecule has 0 saturated carbocycles. The molecule has 8 heteroatoms. The highest BCUT2D eigenvalue weighted by molar-refractivity contribution is 7.18. The van der Waals surface area contributed by atoms with Crippen LogP contribution in [0.15, 0.2) is 42.5 Å². The molecule has 0 aliphatic carbocycles. The van der Waals surface area contributed by atoms with Crippen molar-refractivity contribution in [3.8, 4) is 0 Å². The number of para-hydroxylation sites is 1. The van der Waals surface area contributed by atoms with Crippen molar-refractivity contribution in [2.75, 3.05) is 0 Å². The lowest BCUT2D eigenvalue weighted by Crippen LogP contribution is -2.41. The van der Waals surface area contributed by atoms with E-state index in [-0.39, 0.29) is 12.1 Å². The highest BCUT2D eigenvalue weighted by Gasteiger charge is 2.50. The van der Waals surface area contributed by atoms with E-state index in [0.717, 1.165) is 33.3 Å². The molecule has 3 aromatic rings. The number of hydrogen-bond donors (Lipinski definition) is 1. The van der Waals surface area contributed by atoms with Crippen LogP contribution in [0.25, 0.3) is 10.2 Å². The Balaban J connectivity index is 1.67. The van der Waals surface area contributed by atoms with E-state index in [1.54, 1.807) is 0 Å². The summed E-state index contributed by atoms with van der Waals surface area (Å²) in [6.07, 6.45) is 0. The fourth-order valence-corrected chi connectivity index (χ4v) is 3.98. The third-order valence-electron chi connectivity index (χ3n) is 4.37. The summed E-state index contributed by atoms with van der Waals surface area (Å²) in [4.78, 5) is 30.6. The van der Waals surface area contributed by atoms with Gasteiger partial charge in [0.15, 0.2) is 0 Å². The minimum Gasteiger partial charge on any atom is -0.319 e. The first-order valence-electron chi connectivity index (χ1n) is 7.82. The number of halogens is 2. The van der Waals surface area contributed by atoms with Crippen molar-refractivity contribution < 1.29 is 18.4 Å². The molecule has 1 atom stereocenters. The summed E-state index contributed by atoms with van der Waals surface area (Å²) in [5, 5.41) is 3.06. The molecule has 4 rings (SSSR count). The normalized spacial score (nSPS) is 20.0. The Morgan fingerprint density at radius 1 is 1.19 bits per heavy atom.